The topological polar surface area (TPSA) is 83.8 Å². The summed E-state index contributed by atoms with van der Waals surface area (Å²) in [5.41, 5.74) is -0.676. The van der Waals surface area contributed by atoms with E-state index in [9.17, 15) is 9.59 Å². The molecule has 0 aromatic carbocycles. The van der Waals surface area contributed by atoms with E-state index in [4.69, 9.17) is 10.2 Å². The molecular weight excluding hydrogens is 212 g/mol. The first kappa shape index (κ1) is 15.1. The molecule has 0 rings (SSSR count). The Kier molecular flexibility index (Phi) is 6.21. The lowest BCUT2D eigenvalue weighted by Crippen LogP contribution is -2.37. The zero-order chi connectivity index (χ0) is 12.8. The van der Waals surface area contributed by atoms with Gasteiger partial charge < -0.3 is 14.9 Å². The van der Waals surface area contributed by atoms with Crippen molar-refractivity contribution in [2.45, 2.75) is 46.1 Å². The van der Waals surface area contributed by atoms with E-state index in [0.717, 1.165) is 0 Å². The summed E-state index contributed by atoms with van der Waals surface area (Å²) in [7, 11) is 0. The first-order chi connectivity index (χ1) is 7.47. The van der Waals surface area contributed by atoms with Gasteiger partial charge in [-0.05, 0) is 19.3 Å². The van der Waals surface area contributed by atoms with Crippen LogP contribution in [0.3, 0.4) is 0 Å². The van der Waals surface area contributed by atoms with E-state index >= 15 is 0 Å². The fraction of sp³-hybridized carbons (Fsp3) is 0.818. The van der Waals surface area contributed by atoms with Gasteiger partial charge in [0.15, 0.2) is 6.10 Å². The second-order valence-electron chi connectivity index (χ2n) is 3.75. The summed E-state index contributed by atoms with van der Waals surface area (Å²) in [5.74, 6) is -1.72. The molecule has 1 atom stereocenters. The number of carbonyl (C=O) groups is 2. The number of carbonyl (C=O) groups excluding carboxylic acids is 2. The third kappa shape index (κ3) is 3.28. The third-order valence-electron chi connectivity index (χ3n) is 3.10. The van der Waals surface area contributed by atoms with Gasteiger partial charge in [-0.1, -0.05) is 20.8 Å². The Hall–Kier alpha value is -0.940. The Bertz CT molecular complexity index is 236. The van der Waals surface area contributed by atoms with E-state index in [1.807, 2.05) is 20.8 Å². The fourth-order valence-corrected chi connectivity index (χ4v) is 1.53. The second kappa shape index (κ2) is 6.60. The summed E-state index contributed by atoms with van der Waals surface area (Å²) >= 11 is 0. The molecule has 0 aliphatic rings. The van der Waals surface area contributed by atoms with Gasteiger partial charge in [0.1, 0.15) is 0 Å². The van der Waals surface area contributed by atoms with Crippen LogP contribution in [0.5, 0.6) is 0 Å². The van der Waals surface area contributed by atoms with Gasteiger partial charge in [-0.2, -0.15) is 0 Å². The number of hydrogen-bond acceptors (Lipinski definition) is 5. The maximum absolute atomic E-state index is 11.8. The Balaban J connectivity index is 4.60. The van der Waals surface area contributed by atoms with E-state index < -0.39 is 30.1 Å². The molecule has 2 N–H and O–H groups in total. The summed E-state index contributed by atoms with van der Waals surface area (Å²) in [6.07, 6.45) is 0.0662. The predicted octanol–water partition coefficient (Wildman–Crippen LogP) is 0.626. The molecule has 94 valence electrons. The van der Waals surface area contributed by atoms with Crippen molar-refractivity contribution in [2.24, 2.45) is 5.41 Å². The van der Waals surface area contributed by atoms with Gasteiger partial charge in [0.05, 0.1) is 12.0 Å². The van der Waals surface area contributed by atoms with E-state index in [0.29, 0.717) is 19.3 Å². The van der Waals surface area contributed by atoms with E-state index in [-0.39, 0.29) is 0 Å². The van der Waals surface area contributed by atoms with Crippen LogP contribution < -0.4 is 0 Å². The maximum atomic E-state index is 11.8. The van der Waals surface area contributed by atoms with Gasteiger partial charge >= 0.3 is 11.9 Å². The van der Waals surface area contributed by atoms with Crippen molar-refractivity contribution in [2.75, 3.05) is 6.61 Å². The highest BCUT2D eigenvalue weighted by Gasteiger charge is 2.36. The number of rotatable bonds is 6. The first-order valence-electron chi connectivity index (χ1n) is 5.52. The lowest BCUT2D eigenvalue weighted by atomic mass is 9.80. The van der Waals surface area contributed by atoms with Gasteiger partial charge in [-0.25, -0.2) is 4.79 Å². The van der Waals surface area contributed by atoms with Crippen LogP contribution in [0.4, 0.5) is 0 Å². The average molecular weight is 232 g/mol. The Morgan fingerprint density at radius 1 is 1.19 bits per heavy atom. The molecule has 0 aliphatic heterocycles. The summed E-state index contributed by atoms with van der Waals surface area (Å²) in [4.78, 5) is 22.9. The molecule has 5 nitrogen and oxygen atoms in total. The van der Waals surface area contributed by atoms with Crippen molar-refractivity contribution >= 4 is 11.9 Å². The van der Waals surface area contributed by atoms with Gasteiger partial charge in [0.25, 0.3) is 0 Å². The first-order valence-corrected chi connectivity index (χ1v) is 5.52. The van der Waals surface area contributed by atoms with Crippen LogP contribution in [-0.4, -0.2) is 34.9 Å². The van der Waals surface area contributed by atoms with Crippen LogP contribution in [0, 0.1) is 5.41 Å². The van der Waals surface area contributed by atoms with E-state index in [1.165, 1.54) is 0 Å². The molecule has 0 saturated carbocycles. The Morgan fingerprint density at radius 3 is 1.94 bits per heavy atom. The van der Waals surface area contributed by atoms with Crippen LogP contribution in [-0.2, 0) is 14.3 Å². The predicted molar refractivity (Wildman–Crippen MR) is 57.5 cm³/mol. The molecule has 0 amide bonds. The second-order valence-corrected chi connectivity index (χ2v) is 3.75. The summed E-state index contributed by atoms with van der Waals surface area (Å²) in [6, 6.07) is 0. The highest BCUT2D eigenvalue weighted by Crippen LogP contribution is 2.31. The lowest BCUT2D eigenvalue weighted by Gasteiger charge is -2.27. The monoisotopic (exact) mass is 232 g/mol. The SMILES string of the molecule is CCC(CC)(CC)C(=O)OC(=O)C(O)CO. The number of ether oxygens (including phenoxy) is 1. The van der Waals surface area contributed by atoms with Gasteiger partial charge in [-0.3, -0.25) is 4.79 Å². The zero-order valence-corrected chi connectivity index (χ0v) is 10.0. The molecule has 0 radical (unpaired) electrons. The zero-order valence-electron chi connectivity index (χ0n) is 10.0. The average Bonchev–Trinajstić information content (AvgIpc) is 2.30. The quantitative estimate of drug-likeness (QED) is 0.518. The van der Waals surface area contributed by atoms with Crippen LogP contribution >= 0.6 is 0 Å². The molecule has 0 saturated heterocycles. The van der Waals surface area contributed by atoms with Crippen molar-refractivity contribution in [3.63, 3.8) is 0 Å². The molecule has 0 fully saturated rings. The molecule has 1 unspecified atom stereocenters. The van der Waals surface area contributed by atoms with Crippen molar-refractivity contribution in [3.05, 3.63) is 0 Å². The van der Waals surface area contributed by atoms with Gasteiger partial charge in [0, 0.05) is 0 Å². The number of aliphatic hydroxyl groups is 2. The van der Waals surface area contributed by atoms with Gasteiger partial charge in [0.2, 0.25) is 0 Å². The Morgan fingerprint density at radius 2 is 1.62 bits per heavy atom. The van der Waals surface area contributed by atoms with Crippen molar-refractivity contribution < 1.29 is 24.5 Å². The molecule has 0 spiro atoms. The van der Waals surface area contributed by atoms with Crippen molar-refractivity contribution in [3.8, 4) is 0 Å². The van der Waals surface area contributed by atoms with Crippen molar-refractivity contribution in [1.29, 1.82) is 0 Å². The molecule has 0 aromatic rings. The maximum Gasteiger partial charge on any atom is 0.345 e. The molecule has 16 heavy (non-hydrogen) atoms. The summed E-state index contributed by atoms with van der Waals surface area (Å²) in [5, 5.41) is 17.5. The van der Waals surface area contributed by atoms with E-state index in [2.05, 4.69) is 4.74 Å². The van der Waals surface area contributed by atoms with Crippen LogP contribution in [0.25, 0.3) is 0 Å². The largest absolute Gasteiger partial charge is 0.393 e. The molecule has 0 aliphatic carbocycles. The van der Waals surface area contributed by atoms with Crippen LogP contribution in [0.1, 0.15) is 40.0 Å². The highest BCUT2D eigenvalue weighted by atomic mass is 16.6. The third-order valence-corrected chi connectivity index (χ3v) is 3.10. The normalized spacial score (nSPS) is 13.3. The highest BCUT2D eigenvalue weighted by molar-refractivity contribution is 5.90. The number of aliphatic hydroxyl groups excluding tert-OH is 2. The molecule has 0 bridgehead atoms. The molecule has 0 aromatic heterocycles. The smallest absolute Gasteiger partial charge is 0.345 e. The number of esters is 2. The molecular formula is C11H20O5. The minimum absolute atomic E-state index is 0.571. The summed E-state index contributed by atoms with van der Waals surface area (Å²) in [6.45, 7) is 4.80. The lowest BCUT2D eigenvalue weighted by molar-refractivity contribution is -0.174. The van der Waals surface area contributed by atoms with Crippen molar-refractivity contribution in [1.82, 2.24) is 0 Å². The standard InChI is InChI=1S/C11H20O5/c1-4-11(5-2,6-3)10(15)16-9(14)8(13)7-12/h8,12-13H,4-7H2,1-3H3. The van der Waals surface area contributed by atoms with E-state index in [1.54, 1.807) is 0 Å². The number of hydrogen-bond donors (Lipinski definition) is 2. The molecule has 5 heteroatoms. The summed E-state index contributed by atoms with van der Waals surface area (Å²) < 4.78 is 4.55. The minimum Gasteiger partial charge on any atom is -0.393 e. The van der Waals surface area contributed by atoms with Crippen LogP contribution in [0.2, 0.25) is 0 Å². The Labute approximate surface area is 95.4 Å². The van der Waals surface area contributed by atoms with Crippen LogP contribution in [0.15, 0.2) is 0 Å². The van der Waals surface area contributed by atoms with Gasteiger partial charge in [-0.15, -0.1) is 0 Å². The molecule has 0 heterocycles. The minimum atomic E-state index is -1.65. The fourth-order valence-electron chi connectivity index (χ4n) is 1.53.